The maximum absolute atomic E-state index is 13.4. The van der Waals surface area contributed by atoms with E-state index in [2.05, 4.69) is 0 Å². The van der Waals surface area contributed by atoms with E-state index in [0.717, 1.165) is 0 Å². The molecule has 142 valence electrons. The van der Waals surface area contributed by atoms with Crippen LogP contribution in [0.4, 0.5) is 0 Å². The predicted octanol–water partition coefficient (Wildman–Crippen LogP) is 1.66. The maximum Gasteiger partial charge on any atom is 0.308 e. The lowest BCUT2D eigenvalue weighted by molar-refractivity contribution is -0.359. The summed E-state index contributed by atoms with van der Waals surface area (Å²) in [5, 5.41) is 11.4. The van der Waals surface area contributed by atoms with Crippen LogP contribution < -0.4 is 4.74 Å². The Balaban J connectivity index is 2.04. The topological polar surface area (TPSA) is 99.1 Å². The lowest BCUT2D eigenvalue weighted by atomic mass is 9.62. The van der Waals surface area contributed by atoms with Gasteiger partial charge in [0.1, 0.15) is 17.6 Å². The van der Waals surface area contributed by atoms with Crippen molar-refractivity contribution in [3.05, 3.63) is 41.0 Å². The van der Waals surface area contributed by atoms with Gasteiger partial charge < -0.3 is 19.3 Å². The zero-order valence-corrected chi connectivity index (χ0v) is 15.4. The number of rotatable bonds is 2. The van der Waals surface area contributed by atoms with Gasteiger partial charge in [0.15, 0.2) is 11.4 Å². The first-order valence-corrected chi connectivity index (χ1v) is 8.69. The quantitative estimate of drug-likeness (QED) is 0.479. The van der Waals surface area contributed by atoms with Crippen LogP contribution in [-0.2, 0) is 24.7 Å². The number of hydrogen-bond donors (Lipinski definition) is 1. The molecule has 4 atom stereocenters. The van der Waals surface area contributed by atoms with E-state index in [1.165, 1.54) is 19.1 Å². The molecule has 3 aliphatic rings. The number of ketones is 1. The van der Waals surface area contributed by atoms with Crippen molar-refractivity contribution in [1.29, 1.82) is 0 Å². The lowest BCUT2D eigenvalue weighted by Gasteiger charge is -2.56. The molecule has 0 spiro atoms. The molecule has 4 rings (SSSR count). The van der Waals surface area contributed by atoms with E-state index in [1.807, 2.05) is 0 Å². The molecule has 0 aromatic heterocycles. The Bertz CT molecular complexity index is 915. The van der Waals surface area contributed by atoms with Gasteiger partial charge in [0.05, 0.1) is 17.6 Å². The van der Waals surface area contributed by atoms with E-state index in [0.29, 0.717) is 11.8 Å². The van der Waals surface area contributed by atoms with Crippen molar-refractivity contribution in [1.82, 2.24) is 0 Å². The second kappa shape index (κ2) is 5.34. The van der Waals surface area contributed by atoms with Gasteiger partial charge in [-0.1, -0.05) is 12.1 Å². The van der Waals surface area contributed by atoms with Gasteiger partial charge in [0, 0.05) is 12.5 Å². The molecule has 1 saturated heterocycles. The fraction of sp³-hybridized carbons (Fsp3) is 0.450. The van der Waals surface area contributed by atoms with Crippen LogP contribution >= 0.6 is 0 Å². The van der Waals surface area contributed by atoms with E-state index in [1.54, 1.807) is 32.9 Å². The Hall–Kier alpha value is -2.35. The molecule has 1 aliphatic heterocycles. The zero-order chi connectivity index (χ0) is 19.8. The summed E-state index contributed by atoms with van der Waals surface area (Å²) in [6.45, 7) is 6.44. The molecule has 7 nitrogen and oxygen atoms in total. The summed E-state index contributed by atoms with van der Waals surface area (Å²) in [5.41, 5.74) is -2.82. The highest BCUT2D eigenvalue weighted by atomic mass is 16.7. The molecule has 7 heteroatoms. The molecule has 0 radical (unpaired) electrons. The van der Waals surface area contributed by atoms with Gasteiger partial charge in [0.25, 0.3) is 0 Å². The minimum absolute atomic E-state index is 0.0275. The van der Waals surface area contributed by atoms with Crippen molar-refractivity contribution in [3.8, 4) is 5.75 Å². The molecule has 1 heterocycles. The number of carbonyl (C=O) groups is 3. The van der Waals surface area contributed by atoms with Gasteiger partial charge in [-0.05, 0) is 38.5 Å². The van der Waals surface area contributed by atoms with Gasteiger partial charge >= 0.3 is 5.97 Å². The first-order chi connectivity index (χ1) is 12.5. The summed E-state index contributed by atoms with van der Waals surface area (Å²) < 4.78 is 17.3. The number of hydrogen-bond acceptors (Lipinski definition) is 7. The van der Waals surface area contributed by atoms with Crippen molar-refractivity contribution in [2.45, 2.75) is 50.8 Å². The van der Waals surface area contributed by atoms with Crippen LogP contribution in [0.3, 0.4) is 0 Å². The number of benzene rings is 1. The number of aliphatic hydroxyl groups is 1. The molecule has 1 fully saturated rings. The standard InChI is InChI=1S/C20H20O7/c1-10(22)25-13-7-5-6-12-15(13)17(23)20(24)11(9-21)8-14-16(20)19(12,4)27-18(2,3)26-14/h5-9,14,16,24H,1-4H3. The molecule has 0 bridgehead atoms. The molecule has 4 unspecified atom stereocenters. The predicted molar refractivity (Wildman–Crippen MR) is 92.1 cm³/mol. The van der Waals surface area contributed by atoms with Gasteiger partial charge in [-0.25, -0.2) is 0 Å². The van der Waals surface area contributed by atoms with Crippen LogP contribution in [0.15, 0.2) is 29.8 Å². The van der Waals surface area contributed by atoms with Crippen LogP contribution in [0.25, 0.3) is 0 Å². The molecule has 1 aromatic carbocycles. The van der Waals surface area contributed by atoms with Crippen LogP contribution in [0.1, 0.15) is 43.6 Å². The van der Waals surface area contributed by atoms with Gasteiger partial charge in [-0.2, -0.15) is 0 Å². The van der Waals surface area contributed by atoms with Crippen molar-refractivity contribution < 1.29 is 33.7 Å². The summed E-state index contributed by atoms with van der Waals surface area (Å²) in [4.78, 5) is 36.6. The monoisotopic (exact) mass is 372 g/mol. The number of carbonyl (C=O) groups excluding carboxylic acids is 3. The summed E-state index contributed by atoms with van der Waals surface area (Å²) in [7, 11) is 0. The fourth-order valence-corrected chi connectivity index (χ4v) is 4.79. The summed E-state index contributed by atoms with van der Waals surface area (Å²) in [5.74, 6) is -3.14. The van der Waals surface area contributed by atoms with Gasteiger partial charge in [0.2, 0.25) is 5.78 Å². The first-order valence-electron chi connectivity index (χ1n) is 8.69. The highest BCUT2D eigenvalue weighted by molar-refractivity contribution is 6.13. The normalized spacial score (nSPS) is 35.7. The number of Topliss-reactive ketones (excluding diaryl/α,β-unsaturated/α-hetero) is 1. The van der Waals surface area contributed by atoms with E-state index in [-0.39, 0.29) is 16.9 Å². The lowest BCUT2D eigenvalue weighted by Crippen LogP contribution is -2.66. The Morgan fingerprint density at radius 2 is 2.00 bits per heavy atom. The Labute approximate surface area is 155 Å². The molecule has 1 aromatic rings. The van der Waals surface area contributed by atoms with Crippen LogP contribution in [0.2, 0.25) is 0 Å². The SMILES string of the molecule is CC(=O)Oc1cccc2c1C(=O)C1(O)C(C=O)=CC3OC(C)(C)OC2(C)C31. The highest BCUT2D eigenvalue weighted by Gasteiger charge is 2.69. The number of esters is 1. The summed E-state index contributed by atoms with van der Waals surface area (Å²) >= 11 is 0. The average molecular weight is 372 g/mol. The molecule has 0 saturated carbocycles. The Morgan fingerprint density at radius 3 is 2.63 bits per heavy atom. The van der Waals surface area contributed by atoms with Crippen molar-refractivity contribution in [2.75, 3.05) is 0 Å². The molecule has 1 N–H and O–H groups in total. The van der Waals surface area contributed by atoms with E-state index in [9.17, 15) is 19.5 Å². The molecular weight excluding hydrogens is 352 g/mol. The summed E-state index contributed by atoms with van der Waals surface area (Å²) in [6, 6.07) is 4.84. The minimum atomic E-state index is -2.12. The average Bonchev–Trinajstić information content (AvgIpc) is 2.85. The van der Waals surface area contributed by atoms with Crippen molar-refractivity contribution in [3.63, 3.8) is 0 Å². The smallest absolute Gasteiger partial charge is 0.308 e. The van der Waals surface area contributed by atoms with E-state index in [4.69, 9.17) is 14.2 Å². The van der Waals surface area contributed by atoms with E-state index >= 15 is 0 Å². The molecule has 2 aliphatic carbocycles. The molecule has 27 heavy (non-hydrogen) atoms. The molecular formula is C20H20O7. The number of ether oxygens (including phenoxy) is 3. The van der Waals surface area contributed by atoms with Crippen LogP contribution in [0.5, 0.6) is 5.75 Å². The van der Waals surface area contributed by atoms with Gasteiger partial charge in [-0.3, -0.25) is 14.4 Å². The second-order valence-electron chi connectivity index (χ2n) is 7.78. The Kier molecular flexibility index (Phi) is 3.57. The van der Waals surface area contributed by atoms with Crippen molar-refractivity contribution >= 4 is 18.0 Å². The Morgan fingerprint density at radius 1 is 1.30 bits per heavy atom. The van der Waals surface area contributed by atoms with Crippen molar-refractivity contribution in [2.24, 2.45) is 5.92 Å². The third-order valence-corrected chi connectivity index (χ3v) is 5.55. The second-order valence-corrected chi connectivity index (χ2v) is 7.78. The fourth-order valence-electron chi connectivity index (χ4n) is 4.79. The summed E-state index contributed by atoms with van der Waals surface area (Å²) in [6.07, 6.45) is 1.26. The largest absolute Gasteiger partial charge is 0.426 e. The number of fused-ring (bicyclic) bond motifs is 2. The third-order valence-electron chi connectivity index (χ3n) is 5.55. The maximum atomic E-state index is 13.4. The minimum Gasteiger partial charge on any atom is -0.426 e. The molecule has 0 amide bonds. The highest BCUT2D eigenvalue weighted by Crippen LogP contribution is 2.59. The van der Waals surface area contributed by atoms with E-state index < -0.39 is 40.8 Å². The van der Waals surface area contributed by atoms with Crippen LogP contribution in [0, 0.1) is 5.92 Å². The van der Waals surface area contributed by atoms with Gasteiger partial charge in [-0.15, -0.1) is 0 Å². The third kappa shape index (κ3) is 2.22. The van der Waals surface area contributed by atoms with Crippen LogP contribution in [-0.4, -0.2) is 40.6 Å². The first kappa shape index (κ1) is 18.0. The zero-order valence-electron chi connectivity index (χ0n) is 15.4. The number of aldehydes is 1.